The maximum Gasteiger partial charge on any atom is 0.393 e. The Hall–Kier alpha value is -2.26. The van der Waals surface area contributed by atoms with Gasteiger partial charge >= 0.3 is 12.1 Å². The van der Waals surface area contributed by atoms with Crippen molar-refractivity contribution in [1.29, 1.82) is 0 Å². The van der Waals surface area contributed by atoms with E-state index in [0.29, 0.717) is 12.8 Å². The number of benzene rings is 2. The topological polar surface area (TPSA) is 74.7 Å². The highest BCUT2D eigenvalue weighted by Crippen LogP contribution is 2.43. The van der Waals surface area contributed by atoms with Crippen molar-refractivity contribution in [3.8, 4) is 0 Å². The second-order valence-corrected chi connectivity index (χ2v) is 9.36. The minimum absolute atomic E-state index is 0.0175. The minimum atomic E-state index is -4.57. The summed E-state index contributed by atoms with van der Waals surface area (Å²) in [5.41, 5.74) is -0.116. The third-order valence-electron chi connectivity index (χ3n) is 5.19. The third kappa shape index (κ3) is 4.57. The molecule has 10 heteroatoms. The van der Waals surface area contributed by atoms with E-state index in [1.807, 2.05) is 0 Å². The standard InChI is InChI=1S/C20H19ClF3NO4S/c21-14-7-11-16(12-8-14)30(28,29)25(15-9-5-13(6-10-15)19(26)27)18-4-2-1-3-17(18)20(22,23)24/h5-12,17-18H,1-4H2,(H,26,27). The molecule has 1 aliphatic rings. The number of carboxylic acids is 1. The summed E-state index contributed by atoms with van der Waals surface area (Å²) in [6, 6.07) is 8.63. The Morgan fingerprint density at radius 1 is 1.00 bits per heavy atom. The normalized spacial score (nSPS) is 20.0. The van der Waals surface area contributed by atoms with Crippen molar-refractivity contribution in [3.05, 3.63) is 59.1 Å². The number of hydrogen-bond acceptors (Lipinski definition) is 3. The summed E-state index contributed by atoms with van der Waals surface area (Å²) in [6.45, 7) is 0. The molecule has 3 rings (SSSR count). The molecule has 5 nitrogen and oxygen atoms in total. The van der Waals surface area contributed by atoms with Gasteiger partial charge < -0.3 is 5.11 Å². The van der Waals surface area contributed by atoms with E-state index >= 15 is 0 Å². The van der Waals surface area contributed by atoms with Gasteiger partial charge in [-0.3, -0.25) is 4.31 Å². The number of carbonyl (C=O) groups is 1. The van der Waals surface area contributed by atoms with Gasteiger partial charge in [0.15, 0.2) is 0 Å². The largest absolute Gasteiger partial charge is 0.478 e. The van der Waals surface area contributed by atoms with Crippen LogP contribution in [-0.4, -0.2) is 31.7 Å². The SMILES string of the molecule is O=C(O)c1ccc(N(C2CCCCC2C(F)(F)F)S(=O)(=O)c2ccc(Cl)cc2)cc1. The lowest BCUT2D eigenvalue weighted by Gasteiger charge is -2.41. The van der Waals surface area contributed by atoms with Gasteiger partial charge in [0.2, 0.25) is 0 Å². The summed E-state index contributed by atoms with van der Waals surface area (Å²) in [7, 11) is -4.37. The number of aromatic carboxylic acids is 1. The van der Waals surface area contributed by atoms with E-state index in [-0.39, 0.29) is 34.0 Å². The van der Waals surface area contributed by atoms with Gasteiger partial charge in [-0.15, -0.1) is 0 Å². The summed E-state index contributed by atoms with van der Waals surface area (Å²) in [6.07, 6.45) is -3.89. The Morgan fingerprint density at radius 3 is 2.10 bits per heavy atom. The lowest BCUT2D eigenvalue weighted by Crippen LogP contribution is -2.50. The van der Waals surface area contributed by atoms with Crippen LogP contribution in [-0.2, 0) is 10.0 Å². The Labute approximate surface area is 177 Å². The number of sulfonamides is 1. The molecule has 0 aromatic heterocycles. The van der Waals surface area contributed by atoms with Gasteiger partial charge in [0, 0.05) is 5.02 Å². The minimum Gasteiger partial charge on any atom is -0.478 e. The molecular weight excluding hydrogens is 443 g/mol. The van der Waals surface area contributed by atoms with E-state index in [9.17, 15) is 26.4 Å². The highest BCUT2D eigenvalue weighted by atomic mass is 35.5. The van der Waals surface area contributed by atoms with Crippen LogP contribution in [0.1, 0.15) is 36.0 Å². The van der Waals surface area contributed by atoms with Crippen LogP contribution in [0.4, 0.5) is 18.9 Å². The van der Waals surface area contributed by atoms with E-state index < -0.39 is 34.1 Å². The molecule has 1 fully saturated rings. The van der Waals surface area contributed by atoms with Crippen LogP contribution in [0.15, 0.2) is 53.4 Å². The van der Waals surface area contributed by atoms with Crippen molar-refractivity contribution < 1.29 is 31.5 Å². The van der Waals surface area contributed by atoms with Gasteiger partial charge in [-0.05, 0) is 61.4 Å². The Bertz CT molecular complexity index is 1010. The zero-order valence-electron chi connectivity index (χ0n) is 15.6. The molecule has 162 valence electrons. The van der Waals surface area contributed by atoms with Gasteiger partial charge in [-0.1, -0.05) is 24.4 Å². The highest BCUT2D eigenvalue weighted by molar-refractivity contribution is 7.92. The first kappa shape index (κ1) is 22.4. The highest BCUT2D eigenvalue weighted by Gasteiger charge is 2.50. The quantitative estimate of drug-likeness (QED) is 0.651. The first-order valence-electron chi connectivity index (χ1n) is 9.22. The molecule has 1 saturated carbocycles. The Kier molecular flexibility index (Phi) is 6.33. The van der Waals surface area contributed by atoms with Crippen LogP contribution in [0.25, 0.3) is 0 Å². The van der Waals surface area contributed by atoms with Crippen molar-refractivity contribution in [2.75, 3.05) is 4.31 Å². The van der Waals surface area contributed by atoms with Crippen LogP contribution in [0.2, 0.25) is 5.02 Å². The maximum absolute atomic E-state index is 13.8. The van der Waals surface area contributed by atoms with Crippen molar-refractivity contribution in [3.63, 3.8) is 0 Å². The number of hydrogen-bond donors (Lipinski definition) is 1. The molecule has 0 radical (unpaired) electrons. The molecule has 0 aliphatic heterocycles. The third-order valence-corrected chi connectivity index (χ3v) is 7.31. The first-order valence-corrected chi connectivity index (χ1v) is 11.0. The number of alkyl halides is 3. The lowest BCUT2D eigenvalue weighted by atomic mass is 9.84. The predicted molar refractivity (Wildman–Crippen MR) is 106 cm³/mol. The van der Waals surface area contributed by atoms with Crippen LogP contribution >= 0.6 is 11.6 Å². The molecule has 0 spiro atoms. The molecule has 0 heterocycles. The van der Waals surface area contributed by atoms with E-state index in [1.54, 1.807) is 0 Å². The number of halogens is 4. The van der Waals surface area contributed by atoms with Gasteiger partial charge in [-0.2, -0.15) is 13.2 Å². The smallest absolute Gasteiger partial charge is 0.393 e. The summed E-state index contributed by atoms with van der Waals surface area (Å²) >= 11 is 5.82. The fraction of sp³-hybridized carbons (Fsp3) is 0.350. The molecule has 0 saturated heterocycles. The first-order chi connectivity index (χ1) is 14.0. The second kappa shape index (κ2) is 8.47. The summed E-state index contributed by atoms with van der Waals surface area (Å²) < 4.78 is 69.0. The molecule has 2 unspecified atom stereocenters. The molecular formula is C20H19ClF3NO4S. The summed E-state index contributed by atoms with van der Waals surface area (Å²) in [5.74, 6) is -3.05. The fourth-order valence-corrected chi connectivity index (χ4v) is 5.59. The molecule has 2 aromatic carbocycles. The summed E-state index contributed by atoms with van der Waals surface area (Å²) in [4.78, 5) is 10.9. The van der Waals surface area contributed by atoms with Crippen LogP contribution in [0.5, 0.6) is 0 Å². The molecule has 0 bridgehead atoms. The van der Waals surface area contributed by atoms with Crippen molar-refractivity contribution in [2.24, 2.45) is 5.92 Å². The average Bonchev–Trinajstić information content (AvgIpc) is 2.68. The molecule has 1 aliphatic carbocycles. The van der Waals surface area contributed by atoms with Crippen LogP contribution in [0, 0.1) is 5.92 Å². The second-order valence-electron chi connectivity index (χ2n) is 7.11. The van der Waals surface area contributed by atoms with Crippen molar-refractivity contribution in [1.82, 2.24) is 0 Å². The molecule has 2 aromatic rings. The van der Waals surface area contributed by atoms with E-state index in [1.165, 1.54) is 48.5 Å². The van der Waals surface area contributed by atoms with Gasteiger partial charge in [0.1, 0.15) is 0 Å². The Morgan fingerprint density at radius 2 is 1.57 bits per heavy atom. The van der Waals surface area contributed by atoms with E-state index in [4.69, 9.17) is 16.7 Å². The van der Waals surface area contributed by atoms with Gasteiger partial charge in [0.25, 0.3) is 10.0 Å². The van der Waals surface area contributed by atoms with Crippen LogP contribution in [0.3, 0.4) is 0 Å². The molecule has 30 heavy (non-hydrogen) atoms. The number of anilines is 1. The maximum atomic E-state index is 13.8. The van der Waals surface area contributed by atoms with Crippen LogP contribution < -0.4 is 4.31 Å². The average molecular weight is 462 g/mol. The monoisotopic (exact) mass is 461 g/mol. The fourth-order valence-electron chi connectivity index (χ4n) is 3.75. The van der Waals surface area contributed by atoms with E-state index in [2.05, 4.69) is 0 Å². The summed E-state index contributed by atoms with van der Waals surface area (Å²) in [5, 5.41) is 9.37. The molecule has 0 amide bonds. The predicted octanol–water partition coefficient (Wildman–Crippen LogP) is 5.35. The zero-order valence-corrected chi connectivity index (χ0v) is 17.2. The van der Waals surface area contributed by atoms with Crippen molar-refractivity contribution >= 4 is 33.3 Å². The number of carboxylic acid groups (broad SMARTS) is 1. The zero-order chi connectivity index (χ0) is 22.1. The number of nitrogens with zero attached hydrogens (tertiary/aromatic N) is 1. The number of rotatable bonds is 5. The van der Waals surface area contributed by atoms with Gasteiger partial charge in [-0.25, -0.2) is 13.2 Å². The van der Waals surface area contributed by atoms with Crippen molar-refractivity contribution in [2.45, 2.75) is 42.8 Å². The molecule has 1 N–H and O–H groups in total. The lowest BCUT2D eigenvalue weighted by molar-refractivity contribution is -0.185. The van der Waals surface area contributed by atoms with E-state index in [0.717, 1.165) is 4.31 Å². The van der Waals surface area contributed by atoms with Gasteiger partial charge in [0.05, 0.1) is 28.1 Å². The Balaban J connectivity index is 2.15. The molecule has 2 atom stereocenters.